The molecule has 0 aliphatic heterocycles. The predicted molar refractivity (Wildman–Crippen MR) is 70.0 cm³/mol. The van der Waals surface area contributed by atoms with Crippen molar-refractivity contribution in [3.05, 3.63) is 57.9 Å². The molecule has 1 unspecified atom stereocenters. The van der Waals surface area contributed by atoms with E-state index in [1.807, 2.05) is 0 Å². The zero-order chi connectivity index (χ0) is 16.3. The number of aliphatic hydroxyl groups is 1. The molecule has 0 amide bonds. The summed E-state index contributed by atoms with van der Waals surface area (Å²) in [6.45, 7) is 0.00879. The maximum Gasteiger partial charge on any atom is 0.416 e. The molecule has 9 heteroatoms. The van der Waals surface area contributed by atoms with Crippen LogP contribution in [0.25, 0.3) is 0 Å². The Labute approximate surface area is 122 Å². The molecular weight excluding hydrogens is 303 g/mol. The molecule has 0 aliphatic rings. The van der Waals surface area contributed by atoms with Crippen LogP contribution in [-0.4, -0.2) is 25.9 Å². The lowest BCUT2D eigenvalue weighted by Gasteiger charge is -2.12. The summed E-state index contributed by atoms with van der Waals surface area (Å²) in [6, 6.07) is 4.47. The first kappa shape index (κ1) is 16.0. The number of alkyl halides is 3. The molecule has 1 atom stereocenters. The van der Waals surface area contributed by atoms with Gasteiger partial charge in [0.15, 0.2) is 0 Å². The Morgan fingerprint density at radius 2 is 1.95 bits per heavy atom. The number of hydrogen-bond donors (Lipinski definition) is 1. The van der Waals surface area contributed by atoms with E-state index in [0.29, 0.717) is 5.56 Å². The van der Waals surface area contributed by atoms with Crippen LogP contribution in [0.1, 0.15) is 11.1 Å². The zero-order valence-corrected chi connectivity index (χ0v) is 11.2. The Hall–Kier alpha value is -2.42. The van der Waals surface area contributed by atoms with Crippen molar-refractivity contribution >= 4 is 5.69 Å². The van der Waals surface area contributed by atoms with Gasteiger partial charge in [-0.05, 0) is 17.7 Å². The van der Waals surface area contributed by atoms with Crippen LogP contribution in [0.15, 0.2) is 36.7 Å². The van der Waals surface area contributed by atoms with E-state index in [1.165, 1.54) is 23.0 Å². The Balaban J connectivity index is 1.96. The summed E-state index contributed by atoms with van der Waals surface area (Å²) in [4.78, 5) is 9.90. The van der Waals surface area contributed by atoms with Crippen molar-refractivity contribution in [1.82, 2.24) is 9.78 Å². The number of aliphatic hydroxyl groups excluding tert-OH is 1. The molecule has 22 heavy (non-hydrogen) atoms. The van der Waals surface area contributed by atoms with Gasteiger partial charge in [0.1, 0.15) is 12.4 Å². The summed E-state index contributed by atoms with van der Waals surface area (Å²) in [5.74, 6) is 0. The van der Waals surface area contributed by atoms with Gasteiger partial charge >= 0.3 is 11.9 Å². The van der Waals surface area contributed by atoms with Crippen molar-refractivity contribution < 1.29 is 23.2 Å². The van der Waals surface area contributed by atoms with Gasteiger partial charge in [0.05, 0.1) is 23.1 Å². The number of nitrogens with zero attached hydrogens (tertiary/aromatic N) is 3. The van der Waals surface area contributed by atoms with Crippen LogP contribution in [0.3, 0.4) is 0 Å². The molecule has 0 saturated heterocycles. The fourth-order valence-corrected chi connectivity index (χ4v) is 1.93. The SMILES string of the molecule is O=[N+]([O-])c1cnn(CC(O)Cc2ccc(C(F)(F)F)cc2)c1. The van der Waals surface area contributed by atoms with Crippen molar-refractivity contribution in [3.8, 4) is 0 Å². The Kier molecular flexibility index (Phi) is 4.45. The van der Waals surface area contributed by atoms with Gasteiger partial charge in [-0.25, -0.2) is 0 Å². The van der Waals surface area contributed by atoms with Crippen LogP contribution in [-0.2, 0) is 19.1 Å². The molecule has 1 aromatic carbocycles. The van der Waals surface area contributed by atoms with Crippen molar-refractivity contribution in [2.45, 2.75) is 25.2 Å². The van der Waals surface area contributed by atoms with E-state index in [2.05, 4.69) is 5.10 Å². The van der Waals surface area contributed by atoms with Crippen molar-refractivity contribution in [1.29, 1.82) is 0 Å². The third-order valence-corrected chi connectivity index (χ3v) is 2.98. The number of rotatable bonds is 5. The topological polar surface area (TPSA) is 81.2 Å². The van der Waals surface area contributed by atoms with E-state index < -0.39 is 22.8 Å². The standard InChI is InChI=1S/C13H12F3N3O3/c14-13(15,16)10-3-1-9(2-4-10)5-12(20)8-18-7-11(6-17-18)19(21)22/h1-4,6-7,12,20H,5,8H2. The predicted octanol–water partition coefficient (Wildman–Crippen LogP) is 2.41. The second-order valence-electron chi connectivity index (χ2n) is 4.73. The number of hydrogen-bond acceptors (Lipinski definition) is 4. The normalized spacial score (nSPS) is 13.1. The molecular formula is C13H12F3N3O3. The van der Waals surface area contributed by atoms with Crippen LogP contribution in [0, 0.1) is 10.1 Å². The average Bonchev–Trinajstić information content (AvgIpc) is 2.86. The molecule has 1 heterocycles. The minimum absolute atomic E-state index is 0.00879. The maximum atomic E-state index is 12.4. The monoisotopic (exact) mass is 315 g/mol. The summed E-state index contributed by atoms with van der Waals surface area (Å²) >= 11 is 0. The summed E-state index contributed by atoms with van der Waals surface area (Å²) in [7, 11) is 0. The number of halogens is 3. The van der Waals surface area contributed by atoms with Gasteiger partial charge in [-0.3, -0.25) is 14.8 Å². The van der Waals surface area contributed by atoms with Gasteiger partial charge in [-0.15, -0.1) is 0 Å². The maximum absolute atomic E-state index is 12.4. The largest absolute Gasteiger partial charge is 0.416 e. The molecule has 0 saturated carbocycles. The van der Waals surface area contributed by atoms with Crippen molar-refractivity contribution in [2.75, 3.05) is 0 Å². The lowest BCUT2D eigenvalue weighted by molar-refractivity contribution is -0.385. The van der Waals surface area contributed by atoms with E-state index in [-0.39, 0.29) is 18.7 Å². The molecule has 0 spiro atoms. The van der Waals surface area contributed by atoms with Gasteiger partial charge in [-0.2, -0.15) is 18.3 Å². The highest BCUT2D eigenvalue weighted by atomic mass is 19.4. The minimum Gasteiger partial charge on any atom is -0.391 e. The van der Waals surface area contributed by atoms with Crippen molar-refractivity contribution in [2.24, 2.45) is 0 Å². The van der Waals surface area contributed by atoms with E-state index in [9.17, 15) is 28.4 Å². The highest BCUT2D eigenvalue weighted by molar-refractivity contribution is 5.25. The molecule has 1 aromatic heterocycles. The second kappa shape index (κ2) is 6.14. The second-order valence-corrected chi connectivity index (χ2v) is 4.73. The number of aromatic nitrogens is 2. The van der Waals surface area contributed by atoms with Crippen LogP contribution in [0.2, 0.25) is 0 Å². The zero-order valence-electron chi connectivity index (χ0n) is 11.2. The third-order valence-electron chi connectivity index (χ3n) is 2.98. The van der Waals surface area contributed by atoms with Gasteiger partial charge in [0.25, 0.3) is 0 Å². The molecule has 0 aliphatic carbocycles. The van der Waals surface area contributed by atoms with Gasteiger partial charge in [-0.1, -0.05) is 12.1 Å². The highest BCUT2D eigenvalue weighted by Crippen LogP contribution is 2.29. The first-order chi connectivity index (χ1) is 10.3. The highest BCUT2D eigenvalue weighted by Gasteiger charge is 2.29. The molecule has 1 N–H and O–H groups in total. The average molecular weight is 315 g/mol. The summed E-state index contributed by atoms with van der Waals surface area (Å²) in [5, 5.41) is 24.1. The Morgan fingerprint density at radius 1 is 1.32 bits per heavy atom. The Morgan fingerprint density at radius 3 is 2.45 bits per heavy atom. The quantitative estimate of drug-likeness (QED) is 0.678. The number of nitro groups is 1. The summed E-state index contributed by atoms with van der Waals surface area (Å²) in [6.07, 6.45) is -2.96. The lowest BCUT2D eigenvalue weighted by Crippen LogP contribution is -2.19. The van der Waals surface area contributed by atoms with Gasteiger partial charge in [0, 0.05) is 6.42 Å². The smallest absolute Gasteiger partial charge is 0.391 e. The summed E-state index contributed by atoms with van der Waals surface area (Å²) in [5.41, 5.74) is -0.419. The molecule has 118 valence electrons. The van der Waals surface area contributed by atoms with E-state index in [1.54, 1.807) is 0 Å². The first-order valence-electron chi connectivity index (χ1n) is 6.27. The molecule has 2 aromatic rings. The van der Waals surface area contributed by atoms with E-state index in [0.717, 1.165) is 18.3 Å². The summed E-state index contributed by atoms with van der Waals surface area (Å²) < 4.78 is 38.5. The minimum atomic E-state index is -4.40. The molecule has 6 nitrogen and oxygen atoms in total. The fourth-order valence-electron chi connectivity index (χ4n) is 1.93. The molecule has 0 radical (unpaired) electrons. The van der Waals surface area contributed by atoms with Crippen LogP contribution >= 0.6 is 0 Å². The van der Waals surface area contributed by atoms with Crippen LogP contribution in [0.4, 0.5) is 18.9 Å². The fraction of sp³-hybridized carbons (Fsp3) is 0.308. The van der Waals surface area contributed by atoms with Gasteiger partial charge < -0.3 is 5.11 Å². The lowest BCUT2D eigenvalue weighted by atomic mass is 10.1. The molecule has 2 rings (SSSR count). The molecule has 0 bridgehead atoms. The first-order valence-corrected chi connectivity index (χ1v) is 6.27. The Bertz CT molecular complexity index is 653. The van der Waals surface area contributed by atoms with Crippen LogP contribution < -0.4 is 0 Å². The van der Waals surface area contributed by atoms with Gasteiger partial charge in [0.2, 0.25) is 0 Å². The molecule has 0 fully saturated rings. The number of benzene rings is 1. The third kappa shape index (κ3) is 4.04. The van der Waals surface area contributed by atoms with Crippen molar-refractivity contribution in [3.63, 3.8) is 0 Å². The van der Waals surface area contributed by atoms with E-state index in [4.69, 9.17) is 0 Å². The van der Waals surface area contributed by atoms with Crippen LogP contribution in [0.5, 0.6) is 0 Å². The van der Waals surface area contributed by atoms with E-state index >= 15 is 0 Å².